The van der Waals surface area contributed by atoms with E-state index >= 15 is 0 Å². The number of rotatable bonds is 4. The van der Waals surface area contributed by atoms with Gasteiger partial charge in [-0.05, 0) is 28.8 Å². The summed E-state index contributed by atoms with van der Waals surface area (Å²) in [7, 11) is 0. The van der Waals surface area contributed by atoms with Gasteiger partial charge in [0.15, 0.2) is 6.29 Å². The predicted octanol–water partition coefficient (Wildman–Crippen LogP) is 3.62. The van der Waals surface area contributed by atoms with Gasteiger partial charge in [-0.2, -0.15) is 0 Å². The molecule has 4 heteroatoms. The number of aromatic nitrogens is 2. The first kappa shape index (κ1) is 13.2. The van der Waals surface area contributed by atoms with E-state index in [2.05, 4.69) is 9.97 Å². The van der Waals surface area contributed by atoms with E-state index in [1.54, 1.807) is 12.1 Å². The Balaban J connectivity index is 1.89. The summed E-state index contributed by atoms with van der Waals surface area (Å²) >= 11 is 0. The summed E-state index contributed by atoms with van der Waals surface area (Å²) < 4.78 is 13.0. The van der Waals surface area contributed by atoms with E-state index in [-0.39, 0.29) is 5.82 Å². The highest BCUT2D eigenvalue weighted by Crippen LogP contribution is 2.22. The standard InChI is InChI=1S/C17H13FN2O/c18-15-6-4-13(5-7-15)14-3-1-2-12(8-14)9-16-17(10-21)20-11-19-16/h1-8,10-11H,9H2,(H,19,20). The fourth-order valence-electron chi connectivity index (χ4n) is 2.28. The van der Waals surface area contributed by atoms with Crippen LogP contribution in [-0.4, -0.2) is 16.3 Å². The summed E-state index contributed by atoms with van der Waals surface area (Å²) in [6.07, 6.45) is 2.86. The Labute approximate surface area is 121 Å². The molecule has 0 saturated heterocycles. The monoisotopic (exact) mass is 280 g/mol. The van der Waals surface area contributed by atoms with Gasteiger partial charge in [0.2, 0.25) is 0 Å². The van der Waals surface area contributed by atoms with Crippen LogP contribution in [0.4, 0.5) is 4.39 Å². The summed E-state index contributed by atoms with van der Waals surface area (Å²) in [4.78, 5) is 17.8. The van der Waals surface area contributed by atoms with E-state index in [0.717, 1.165) is 28.7 Å². The van der Waals surface area contributed by atoms with Crippen LogP contribution in [0.15, 0.2) is 54.9 Å². The molecule has 104 valence electrons. The van der Waals surface area contributed by atoms with Gasteiger partial charge in [0.1, 0.15) is 11.5 Å². The minimum absolute atomic E-state index is 0.247. The fraction of sp³-hybridized carbons (Fsp3) is 0.0588. The summed E-state index contributed by atoms with van der Waals surface area (Å²) in [6, 6.07) is 14.3. The van der Waals surface area contributed by atoms with Gasteiger partial charge < -0.3 is 4.98 Å². The molecule has 3 aromatic rings. The lowest BCUT2D eigenvalue weighted by atomic mass is 10.0. The maximum Gasteiger partial charge on any atom is 0.170 e. The van der Waals surface area contributed by atoms with Crippen molar-refractivity contribution >= 4 is 6.29 Å². The van der Waals surface area contributed by atoms with Gasteiger partial charge in [0.25, 0.3) is 0 Å². The summed E-state index contributed by atoms with van der Waals surface area (Å²) in [5.41, 5.74) is 4.26. The summed E-state index contributed by atoms with van der Waals surface area (Å²) in [5.74, 6) is -0.247. The van der Waals surface area contributed by atoms with Gasteiger partial charge in [-0.15, -0.1) is 0 Å². The largest absolute Gasteiger partial charge is 0.348 e. The third-order valence-electron chi connectivity index (χ3n) is 3.35. The zero-order valence-corrected chi connectivity index (χ0v) is 11.2. The number of H-pyrrole nitrogens is 1. The third kappa shape index (κ3) is 2.89. The summed E-state index contributed by atoms with van der Waals surface area (Å²) in [6.45, 7) is 0. The second kappa shape index (κ2) is 5.71. The molecular weight excluding hydrogens is 267 g/mol. The minimum atomic E-state index is -0.247. The molecule has 0 bridgehead atoms. The van der Waals surface area contributed by atoms with Crippen molar-refractivity contribution in [3.05, 3.63) is 77.6 Å². The van der Waals surface area contributed by atoms with Crippen LogP contribution in [0.5, 0.6) is 0 Å². The molecule has 21 heavy (non-hydrogen) atoms. The van der Waals surface area contributed by atoms with E-state index in [1.807, 2.05) is 24.3 Å². The van der Waals surface area contributed by atoms with Crippen LogP contribution in [0.2, 0.25) is 0 Å². The topological polar surface area (TPSA) is 45.8 Å². The second-order valence-electron chi connectivity index (χ2n) is 4.77. The Kier molecular flexibility index (Phi) is 3.60. The van der Waals surface area contributed by atoms with Crippen LogP contribution in [0.1, 0.15) is 21.7 Å². The van der Waals surface area contributed by atoms with Crippen molar-refractivity contribution in [1.82, 2.24) is 9.97 Å². The maximum absolute atomic E-state index is 13.0. The fourth-order valence-corrected chi connectivity index (χ4v) is 2.28. The molecule has 1 aromatic heterocycles. The van der Waals surface area contributed by atoms with E-state index in [0.29, 0.717) is 12.1 Å². The number of benzene rings is 2. The van der Waals surface area contributed by atoms with Crippen LogP contribution in [0, 0.1) is 5.82 Å². The molecule has 3 nitrogen and oxygen atoms in total. The van der Waals surface area contributed by atoms with E-state index in [1.165, 1.54) is 18.5 Å². The Morgan fingerprint density at radius 3 is 2.67 bits per heavy atom. The van der Waals surface area contributed by atoms with Crippen LogP contribution in [0.3, 0.4) is 0 Å². The molecule has 0 aliphatic carbocycles. The molecule has 0 fully saturated rings. The molecule has 0 aliphatic heterocycles. The maximum atomic E-state index is 13.0. The van der Waals surface area contributed by atoms with Crippen molar-refractivity contribution in [1.29, 1.82) is 0 Å². The average molecular weight is 280 g/mol. The molecule has 1 N–H and O–H groups in total. The Hall–Kier alpha value is -2.75. The van der Waals surface area contributed by atoms with Gasteiger partial charge in [-0.1, -0.05) is 36.4 Å². The zero-order valence-electron chi connectivity index (χ0n) is 11.2. The Morgan fingerprint density at radius 2 is 1.90 bits per heavy atom. The molecular formula is C17H13FN2O. The van der Waals surface area contributed by atoms with Crippen molar-refractivity contribution < 1.29 is 9.18 Å². The van der Waals surface area contributed by atoms with Gasteiger partial charge in [0, 0.05) is 12.1 Å². The Bertz CT molecular complexity index is 762. The Morgan fingerprint density at radius 1 is 1.10 bits per heavy atom. The van der Waals surface area contributed by atoms with Gasteiger partial charge in [0.05, 0.1) is 6.33 Å². The van der Waals surface area contributed by atoms with Crippen molar-refractivity contribution in [2.24, 2.45) is 0 Å². The first-order valence-electron chi connectivity index (χ1n) is 6.58. The van der Waals surface area contributed by atoms with Crippen LogP contribution >= 0.6 is 0 Å². The average Bonchev–Trinajstić information content (AvgIpc) is 2.95. The number of nitrogens with zero attached hydrogens (tertiary/aromatic N) is 1. The van der Waals surface area contributed by atoms with Gasteiger partial charge in [-0.3, -0.25) is 4.79 Å². The molecule has 0 saturated carbocycles. The molecule has 2 aromatic carbocycles. The van der Waals surface area contributed by atoms with Crippen molar-refractivity contribution in [3.8, 4) is 11.1 Å². The van der Waals surface area contributed by atoms with Gasteiger partial charge in [-0.25, -0.2) is 9.37 Å². The number of halogens is 1. The number of carbonyl (C=O) groups excluding carboxylic acids is 1. The highest BCUT2D eigenvalue weighted by atomic mass is 19.1. The summed E-state index contributed by atoms with van der Waals surface area (Å²) in [5, 5.41) is 0. The lowest BCUT2D eigenvalue weighted by molar-refractivity contribution is 0.111. The number of hydrogen-bond acceptors (Lipinski definition) is 2. The van der Waals surface area contributed by atoms with Crippen LogP contribution in [0.25, 0.3) is 11.1 Å². The number of aromatic amines is 1. The predicted molar refractivity (Wildman–Crippen MR) is 78.6 cm³/mol. The number of hydrogen-bond donors (Lipinski definition) is 1. The first-order chi connectivity index (χ1) is 10.3. The smallest absolute Gasteiger partial charge is 0.170 e. The van der Waals surface area contributed by atoms with Crippen molar-refractivity contribution in [3.63, 3.8) is 0 Å². The highest BCUT2D eigenvalue weighted by molar-refractivity contribution is 5.73. The lowest BCUT2D eigenvalue weighted by Gasteiger charge is -2.05. The zero-order chi connectivity index (χ0) is 14.7. The second-order valence-corrected chi connectivity index (χ2v) is 4.77. The van der Waals surface area contributed by atoms with Crippen molar-refractivity contribution in [2.75, 3.05) is 0 Å². The number of imidazole rings is 1. The first-order valence-corrected chi connectivity index (χ1v) is 6.58. The molecule has 1 heterocycles. The number of carbonyl (C=O) groups is 1. The van der Waals surface area contributed by atoms with E-state index in [9.17, 15) is 9.18 Å². The van der Waals surface area contributed by atoms with Crippen LogP contribution < -0.4 is 0 Å². The number of nitrogens with one attached hydrogen (secondary N) is 1. The molecule has 0 unspecified atom stereocenters. The molecule has 0 radical (unpaired) electrons. The van der Waals surface area contributed by atoms with Gasteiger partial charge >= 0.3 is 0 Å². The lowest BCUT2D eigenvalue weighted by Crippen LogP contribution is -1.94. The SMILES string of the molecule is O=Cc1nc[nH]c1Cc1cccc(-c2ccc(F)cc2)c1. The molecule has 0 spiro atoms. The third-order valence-corrected chi connectivity index (χ3v) is 3.35. The van der Waals surface area contributed by atoms with Crippen molar-refractivity contribution in [2.45, 2.75) is 6.42 Å². The molecule has 0 atom stereocenters. The molecule has 0 aliphatic rings. The van der Waals surface area contributed by atoms with Crippen LogP contribution in [-0.2, 0) is 6.42 Å². The molecule has 3 rings (SSSR count). The molecule has 0 amide bonds. The van der Waals surface area contributed by atoms with E-state index < -0.39 is 0 Å². The quantitative estimate of drug-likeness (QED) is 0.742. The normalized spacial score (nSPS) is 10.5. The van der Waals surface area contributed by atoms with E-state index in [4.69, 9.17) is 0 Å². The minimum Gasteiger partial charge on any atom is -0.348 e. The number of aldehydes is 1. The highest BCUT2D eigenvalue weighted by Gasteiger charge is 2.06.